The maximum atomic E-state index is 12.3. The predicted molar refractivity (Wildman–Crippen MR) is 99.6 cm³/mol. The van der Waals surface area contributed by atoms with E-state index in [-0.39, 0.29) is 12.3 Å². The van der Waals surface area contributed by atoms with Crippen molar-refractivity contribution in [2.75, 3.05) is 0 Å². The number of aryl methyl sites for hydroxylation is 3. The second-order valence-electron chi connectivity index (χ2n) is 5.28. The average molecular weight is 347 g/mol. The molecule has 6 heteroatoms. The molecule has 1 aromatic heterocycles. The number of nitrogens with zero attached hydrogens (tertiary/aromatic N) is 2. The minimum absolute atomic E-state index is 0.115. The summed E-state index contributed by atoms with van der Waals surface area (Å²) in [5, 5.41) is 7.03. The predicted octanol–water partition coefficient (Wildman–Crippen LogP) is 5.32. The molecule has 0 aliphatic rings. The zero-order valence-corrected chi connectivity index (χ0v) is 14.9. The first-order valence-electron chi connectivity index (χ1n) is 6.99. The van der Waals surface area contributed by atoms with E-state index in [1.165, 1.54) is 33.2 Å². The molecule has 1 N–H and O–H groups in total. The second-order valence-corrected chi connectivity index (χ2v) is 6.26. The topological polar surface area (TPSA) is 41.7 Å². The van der Waals surface area contributed by atoms with Crippen molar-refractivity contribution in [1.29, 1.82) is 5.41 Å². The van der Waals surface area contributed by atoms with Gasteiger partial charge >= 0.3 is 0 Å². The van der Waals surface area contributed by atoms with E-state index in [9.17, 15) is 3.89 Å². The van der Waals surface area contributed by atoms with Gasteiger partial charge in [0.25, 0.3) is 0 Å². The Hall–Kier alpha value is -1.79. The van der Waals surface area contributed by atoms with Crippen LogP contribution in [0.25, 0.3) is 11.0 Å². The summed E-state index contributed by atoms with van der Waals surface area (Å²) in [6.45, 7) is 6.28. The monoisotopic (exact) mass is 347 g/mol. The van der Waals surface area contributed by atoms with Crippen LogP contribution in [0.2, 0.25) is 0 Å². The van der Waals surface area contributed by atoms with Gasteiger partial charge in [0.05, 0.1) is 11.0 Å². The molecule has 0 bridgehead atoms. The van der Waals surface area contributed by atoms with Crippen LogP contribution in [0.5, 0.6) is 0 Å². The van der Waals surface area contributed by atoms with Gasteiger partial charge in [-0.25, -0.2) is 8.96 Å². The van der Waals surface area contributed by atoms with E-state index >= 15 is 0 Å². The highest BCUT2D eigenvalue weighted by atomic mass is 32.2. The number of hydrogen-bond donors (Lipinski definition) is 2. The van der Waals surface area contributed by atoms with Gasteiger partial charge in [0.15, 0.2) is 12.3 Å². The zero-order valence-electron chi connectivity index (χ0n) is 13.2. The standard InChI is InChI=1S/C9H12S.C8H6FN3S/c1-6-4-7(2)9(10)8(3)5-6;9-13-12-5-11-7-3-6(4-10)1-2-8(7)12/h4-5,10H,1-3H3;1-5,10H. The Bertz CT molecular complexity index is 820. The molecule has 0 aliphatic heterocycles. The summed E-state index contributed by atoms with van der Waals surface area (Å²) in [5.41, 5.74) is 6.03. The van der Waals surface area contributed by atoms with E-state index in [0.717, 1.165) is 16.0 Å². The fourth-order valence-electron chi connectivity index (χ4n) is 2.32. The summed E-state index contributed by atoms with van der Waals surface area (Å²) in [6.07, 6.45) is 2.66. The average Bonchev–Trinajstić information content (AvgIpc) is 2.95. The molecule has 1 heterocycles. The lowest BCUT2D eigenvalue weighted by Crippen LogP contribution is -1.83. The summed E-state index contributed by atoms with van der Waals surface area (Å²) < 4.78 is 13.6. The van der Waals surface area contributed by atoms with E-state index in [1.807, 2.05) is 0 Å². The third-order valence-electron chi connectivity index (χ3n) is 3.42. The number of rotatable bonds is 2. The summed E-state index contributed by atoms with van der Waals surface area (Å²) in [6, 6.07) is 9.54. The van der Waals surface area contributed by atoms with Crippen molar-refractivity contribution in [3.05, 3.63) is 58.9 Å². The maximum absolute atomic E-state index is 12.3. The van der Waals surface area contributed by atoms with Gasteiger partial charge in [-0.15, -0.1) is 16.5 Å². The number of fused-ring (bicyclic) bond motifs is 1. The van der Waals surface area contributed by atoms with Crippen molar-refractivity contribution < 1.29 is 3.89 Å². The summed E-state index contributed by atoms with van der Waals surface area (Å²) in [5.74, 6) is 0. The largest absolute Gasteiger partial charge is 0.308 e. The Balaban J connectivity index is 0.000000174. The molecule has 0 aliphatic carbocycles. The van der Waals surface area contributed by atoms with Gasteiger partial charge in [0, 0.05) is 11.1 Å². The molecule has 3 nitrogen and oxygen atoms in total. The van der Waals surface area contributed by atoms with Crippen LogP contribution in [0.4, 0.5) is 3.89 Å². The van der Waals surface area contributed by atoms with E-state index in [0.29, 0.717) is 5.52 Å². The molecule has 0 radical (unpaired) electrons. The van der Waals surface area contributed by atoms with Gasteiger partial charge in [-0.3, -0.25) is 0 Å². The van der Waals surface area contributed by atoms with Gasteiger partial charge in [-0.05, 0) is 49.6 Å². The lowest BCUT2D eigenvalue weighted by molar-refractivity contribution is 0.919. The summed E-state index contributed by atoms with van der Waals surface area (Å²) in [7, 11) is 0. The van der Waals surface area contributed by atoms with E-state index in [2.05, 4.69) is 50.5 Å². The van der Waals surface area contributed by atoms with E-state index < -0.39 is 0 Å². The van der Waals surface area contributed by atoms with Crippen LogP contribution < -0.4 is 0 Å². The molecule has 0 saturated heterocycles. The van der Waals surface area contributed by atoms with E-state index in [1.54, 1.807) is 18.2 Å². The number of benzene rings is 2. The quantitative estimate of drug-likeness (QED) is 0.487. The molecule has 120 valence electrons. The lowest BCUT2D eigenvalue weighted by Gasteiger charge is -2.03. The molecule has 3 rings (SSSR count). The summed E-state index contributed by atoms with van der Waals surface area (Å²) in [4.78, 5) is 5.11. The Morgan fingerprint density at radius 1 is 1.17 bits per heavy atom. The molecule has 0 spiro atoms. The van der Waals surface area contributed by atoms with Crippen LogP contribution in [0.1, 0.15) is 22.3 Å². The number of imidazole rings is 1. The van der Waals surface area contributed by atoms with Crippen LogP contribution >= 0.6 is 25.0 Å². The number of hydrogen-bond acceptors (Lipinski definition) is 4. The van der Waals surface area contributed by atoms with Crippen molar-refractivity contribution in [1.82, 2.24) is 8.96 Å². The van der Waals surface area contributed by atoms with Gasteiger partial charge in [-0.2, -0.15) is 0 Å². The van der Waals surface area contributed by atoms with Crippen molar-refractivity contribution in [2.24, 2.45) is 0 Å². The number of aromatic nitrogens is 2. The summed E-state index contributed by atoms with van der Waals surface area (Å²) >= 11 is 4.47. The molecule has 0 saturated carbocycles. The first kappa shape index (κ1) is 17.6. The molecule has 3 aromatic rings. The lowest BCUT2D eigenvalue weighted by atomic mass is 10.1. The molecule has 23 heavy (non-hydrogen) atoms. The fraction of sp³-hybridized carbons (Fsp3) is 0.176. The molecule has 0 fully saturated rings. The highest BCUT2D eigenvalue weighted by Crippen LogP contribution is 2.20. The van der Waals surface area contributed by atoms with Gasteiger partial charge in [-0.1, -0.05) is 23.8 Å². The Labute approximate surface area is 145 Å². The maximum Gasteiger partial charge on any atom is 0.171 e. The number of thiol groups is 1. The molecule has 0 amide bonds. The first-order chi connectivity index (χ1) is 11.0. The van der Waals surface area contributed by atoms with Crippen molar-refractivity contribution in [3.8, 4) is 0 Å². The third-order valence-corrected chi connectivity index (χ3v) is 4.56. The van der Waals surface area contributed by atoms with Gasteiger partial charge < -0.3 is 5.41 Å². The fourth-order valence-corrected chi connectivity index (χ4v) is 2.76. The first-order valence-corrected chi connectivity index (χ1v) is 8.12. The van der Waals surface area contributed by atoms with Crippen molar-refractivity contribution in [3.63, 3.8) is 0 Å². The van der Waals surface area contributed by atoms with Crippen LogP contribution in [0.15, 0.2) is 41.6 Å². The van der Waals surface area contributed by atoms with Crippen LogP contribution in [0.3, 0.4) is 0 Å². The normalized spacial score (nSPS) is 10.3. The Morgan fingerprint density at radius 2 is 1.83 bits per heavy atom. The highest BCUT2D eigenvalue weighted by Gasteiger charge is 2.02. The van der Waals surface area contributed by atoms with Crippen LogP contribution in [-0.2, 0) is 0 Å². The Morgan fingerprint density at radius 3 is 2.39 bits per heavy atom. The Kier molecular flexibility index (Phi) is 5.85. The minimum atomic E-state index is 0.115. The molecule has 0 unspecified atom stereocenters. The molecular weight excluding hydrogens is 329 g/mol. The van der Waals surface area contributed by atoms with Crippen LogP contribution in [-0.4, -0.2) is 15.2 Å². The van der Waals surface area contributed by atoms with Crippen molar-refractivity contribution in [2.45, 2.75) is 25.7 Å². The molecule has 0 atom stereocenters. The number of halogens is 1. The molecule has 2 aromatic carbocycles. The molecular formula is C17H18FN3S2. The highest BCUT2D eigenvalue weighted by molar-refractivity contribution is 7.92. The zero-order chi connectivity index (χ0) is 17.0. The third kappa shape index (κ3) is 4.14. The van der Waals surface area contributed by atoms with Gasteiger partial charge in [0.2, 0.25) is 0 Å². The van der Waals surface area contributed by atoms with Gasteiger partial charge in [0.1, 0.15) is 6.33 Å². The van der Waals surface area contributed by atoms with Crippen LogP contribution in [0, 0.1) is 26.2 Å². The second kappa shape index (κ2) is 7.66. The SMILES string of the molecule is Cc1cc(C)c(S)c(C)c1.N=Cc1ccc2c(c1)ncn2SF. The minimum Gasteiger partial charge on any atom is -0.308 e. The number of nitrogens with one attached hydrogen (secondary N) is 1. The smallest absolute Gasteiger partial charge is 0.171 e. The van der Waals surface area contributed by atoms with Crippen molar-refractivity contribution >= 4 is 42.2 Å². The van der Waals surface area contributed by atoms with E-state index in [4.69, 9.17) is 5.41 Å².